The number of carbonyl (C=O) groups excluding carboxylic acids is 1. The monoisotopic (exact) mass is 408 g/mol. The molecular formula is C21H24N6OS. The average molecular weight is 409 g/mol. The fourth-order valence-electron chi connectivity index (χ4n) is 2.74. The third kappa shape index (κ3) is 5.68. The van der Waals surface area contributed by atoms with Gasteiger partial charge in [-0.25, -0.2) is 15.4 Å². The first kappa shape index (κ1) is 20.6. The first-order valence-electron chi connectivity index (χ1n) is 9.14. The van der Waals surface area contributed by atoms with Gasteiger partial charge in [-0.2, -0.15) is 5.10 Å². The minimum Gasteiger partial charge on any atom is -0.378 e. The van der Waals surface area contributed by atoms with Gasteiger partial charge < -0.3 is 9.47 Å². The Morgan fingerprint density at radius 1 is 1.17 bits per heavy atom. The number of anilines is 1. The first-order chi connectivity index (χ1) is 13.9. The molecule has 0 unspecified atom stereocenters. The molecule has 0 saturated carbocycles. The van der Waals surface area contributed by atoms with E-state index in [2.05, 4.69) is 37.5 Å². The normalized spacial score (nSPS) is 11.0. The Labute approximate surface area is 174 Å². The number of amides is 1. The number of benzene rings is 1. The molecule has 2 heterocycles. The van der Waals surface area contributed by atoms with Crippen LogP contribution >= 0.6 is 11.8 Å². The van der Waals surface area contributed by atoms with E-state index in [0.717, 1.165) is 28.5 Å². The Hall–Kier alpha value is -3.13. The standard InChI is InChI=1S/C21H24N6OS/c1-15-12-16(2)24-21(23-15)29-14-20(28)25-22-13-19-6-5-11-27(19)18-9-7-17(8-10-18)26(3)4/h5-13H,14H2,1-4H3,(H,25,28). The Morgan fingerprint density at radius 2 is 1.86 bits per heavy atom. The minimum atomic E-state index is -0.206. The van der Waals surface area contributed by atoms with Crippen LogP contribution in [-0.4, -0.2) is 46.5 Å². The quantitative estimate of drug-likeness (QED) is 0.281. The van der Waals surface area contributed by atoms with Gasteiger partial charge >= 0.3 is 0 Å². The number of nitrogens with one attached hydrogen (secondary N) is 1. The summed E-state index contributed by atoms with van der Waals surface area (Å²) in [6, 6.07) is 14.0. The van der Waals surface area contributed by atoms with Gasteiger partial charge in [-0.15, -0.1) is 0 Å². The number of nitrogens with zero attached hydrogens (tertiary/aromatic N) is 5. The highest BCUT2D eigenvalue weighted by Gasteiger charge is 2.06. The molecule has 7 nitrogen and oxygen atoms in total. The summed E-state index contributed by atoms with van der Waals surface area (Å²) in [5, 5.41) is 4.68. The second-order valence-electron chi connectivity index (χ2n) is 6.73. The highest BCUT2D eigenvalue weighted by Crippen LogP contribution is 2.17. The van der Waals surface area contributed by atoms with Crippen molar-refractivity contribution in [2.24, 2.45) is 5.10 Å². The SMILES string of the molecule is Cc1cc(C)nc(SCC(=O)NN=Cc2cccn2-c2ccc(N(C)C)cc2)n1. The number of hydrazone groups is 1. The largest absolute Gasteiger partial charge is 0.378 e. The van der Waals surface area contributed by atoms with Crippen LogP contribution < -0.4 is 10.3 Å². The molecule has 2 aromatic heterocycles. The molecule has 0 saturated heterocycles. The van der Waals surface area contributed by atoms with Crippen molar-refractivity contribution >= 4 is 29.6 Å². The van der Waals surface area contributed by atoms with E-state index in [4.69, 9.17) is 0 Å². The zero-order valence-corrected chi connectivity index (χ0v) is 17.8. The van der Waals surface area contributed by atoms with Crippen LogP contribution in [0.1, 0.15) is 17.1 Å². The molecule has 1 aromatic carbocycles. The summed E-state index contributed by atoms with van der Waals surface area (Å²) in [7, 11) is 4.02. The Kier molecular flexibility index (Phi) is 6.66. The smallest absolute Gasteiger partial charge is 0.250 e. The van der Waals surface area contributed by atoms with E-state index in [9.17, 15) is 4.79 Å². The summed E-state index contributed by atoms with van der Waals surface area (Å²) >= 11 is 1.29. The number of carbonyl (C=O) groups is 1. The predicted molar refractivity (Wildman–Crippen MR) is 118 cm³/mol. The van der Waals surface area contributed by atoms with Gasteiger partial charge in [0.25, 0.3) is 5.91 Å². The van der Waals surface area contributed by atoms with E-state index < -0.39 is 0 Å². The van der Waals surface area contributed by atoms with Crippen LogP contribution in [0.25, 0.3) is 5.69 Å². The summed E-state index contributed by atoms with van der Waals surface area (Å²) in [5.74, 6) is -0.00443. The summed E-state index contributed by atoms with van der Waals surface area (Å²) in [5.41, 5.74) is 7.36. The average Bonchev–Trinajstić information content (AvgIpc) is 3.14. The molecule has 29 heavy (non-hydrogen) atoms. The van der Waals surface area contributed by atoms with Gasteiger partial charge in [-0.3, -0.25) is 4.79 Å². The molecule has 0 aliphatic rings. The third-order valence-electron chi connectivity index (χ3n) is 4.10. The Bertz CT molecular complexity index is 990. The van der Waals surface area contributed by atoms with E-state index >= 15 is 0 Å². The van der Waals surface area contributed by atoms with Crippen molar-refractivity contribution in [1.29, 1.82) is 0 Å². The van der Waals surface area contributed by atoms with Gasteiger partial charge in [-0.1, -0.05) is 11.8 Å². The van der Waals surface area contributed by atoms with Gasteiger partial charge in [0.05, 0.1) is 17.7 Å². The van der Waals surface area contributed by atoms with Crippen molar-refractivity contribution in [3.05, 3.63) is 65.7 Å². The van der Waals surface area contributed by atoms with Crippen molar-refractivity contribution in [3.63, 3.8) is 0 Å². The molecular weight excluding hydrogens is 384 g/mol. The molecule has 0 bridgehead atoms. The number of thioether (sulfide) groups is 1. The van der Waals surface area contributed by atoms with Crippen molar-refractivity contribution in [2.45, 2.75) is 19.0 Å². The number of rotatable bonds is 7. The van der Waals surface area contributed by atoms with Crippen molar-refractivity contribution in [3.8, 4) is 5.69 Å². The van der Waals surface area contributed by atoms with Gasteiger partial charge in [0.15, 0.2) is 5.16 Å². The molecule has 8 heteroatoms. The van der Waals surface area contributed by atoms with Crippen LogP contribution in [0.15, 0.2) is 58.9 Å². The number of aryl methyl sites for hydroxylation is 2. The third-order valence-corrected chi connectivity index (χ3v) is 4.95. The molecule has 3 rings (SSSR count). The van der Waals surface area contributed by atoms with Crippen LogP contribution in [-0.2, 0) is 4.79 Å². The lowest BCUT2D eigenvalue weighted by Gasteiger charge is -2.13. The number of hydrogen-bond donors (Lipinski definition) is 1. The Morgan fingerprint density at radius 3 is 2.52 bits per heavy atom. The van der Waals surface area contributed by atoms with Crippen molar-refractivity contribution < 1.29 is 4.79 Å². The molecule has 0 atom stereocenters. The second-order valence-corrected chi connectivity index (χ2v) is 7.67. The van der Waals surface area contributed by atoms with E-state index in [0.29, 0.717) is 5.16 Å². The van der Waals surface area contributed by atoms with Crippen LogP contribution in [0.4, 0.5) is 5.69 Å². The summed E-state index contributed by atoms with van der Waals surface area (Å²) in [4.78, 5) is 22.7. The first-order valence-corrected chi connectivity index (χ1v) is 10.1. The molecule has 1 N–H and O–H groups in total. The second kappa shape index (κ2) is 9.38. The summed E-state index contributed by atoms with van der Waals surface area (Å²) < 4.78 is 2.01. The fourth-order valence-corrected chi connectivity index (χ4v) is 3.48. The zero-order valence-electron chi connectivity index (χ0n) is 17.0. The Balaban J connectivity index is 1.58. The molecule has 0 aliphatic carbocycles. The van der Waals surface area contributed by atoms with E-state index in [1.807, 2.05) is 69.0 Å². The lowest BCUT2D eigenvalue weighted by Crippen LogP contribution is -2.20. The van der Waals surface area contributed by atoms with Crippen LogP contribution in [0, 0.1) is 13.8 Å². The molecule has 0 radical (unpaired) electrons. The number of hydrogen-bond acceptors (Lipinski definition) is 6. The lowest BCUT2D eigenvalue weighted by atomic mass is 10.2. The van der Waals surface area contributed by atoms with Gasteiger partial charge in [0.2, 0.25) is 0 Å². The van der Waals surface area contributed by atoms with Crippen molar-refractivity contribution in [2.75, 3.05) is 24.7 Å². The fraction of sp³-hybridized carbons (Fsp3) is 0.238. The molecule has 0 spiro atoms. The molecule has 0 aliphatic heterocycles. The summed E-state index contributed by atoms with van der Waals surface area (Å²) in [6.07, 6.45) is 3.59. The number of aromatic nitrogens is 3. The van der Waals surface area contributed by atoms with Crippen molar-refractivity contribution in [1.82, 2.24) is 20.0 Å². The molecule has 150 valence electrons. The highest BCUT2D eigenvalue weighted by molar-refractivity contribution is 7.99. The molecule has 3 aromatic rings. The minimum absolute atomic E-state index is 0.202. The maximum absolute atomic E-state index is 12.1. The maximum Gasteiger partial charge on any atom is 0.250 e. The van der Waals surface area contributed by atoms with E-state index in [1.54, 1.807) is 6.21 Å². The van der Waals surface area contributed by atoms with Gasteiger partial charge in [0, 0.05) is 43.1 Å². The van der Waals surface area contributed by atoms with E-state index in [1.165, 1.54) is 11.8 Å². The topological polar surface area (TPSA) is 75.4 Å². The highest BCUT2D eigenvalue weighted by atomic mass is 32.2. The summed E-state index contributed by atoms with van der Waals surface area (Å²) in [6.45, 7) is 3.82. The van der Waals surface area contributed by atoms with Gasteiger partial charge in [0.1, 0.15) is 0 Å². The predicted octanol–water partition coefficient (Wildman–Crippen LogP) is 3.19. The van der Waals surface area contributed by atoms with Gasteiger partial charge in [-0.05, 0) is 56.3 Å². The van der Waals surface area contributed by atoms with Crippen LogP contribution in [0.5, 0.6) is 0 Å². The molecule has 0 fully saturated rings. The maximum atomic E-state index is 12.1. The molecule has 1 amide bonds. The zero-order chi connectivity index (χ0) is 20.8. The van der Waals surface area contributed by atoms with E-state index in [-0.39, 0.29) is 11.7 Å². The van der Waals surface area contributed by atoms with Crippen LogP contribution in [0.2, 0.25) is 0 Å². The lowest BCUT2D eigenvalue weighted by molar-refractivity contribution is -0.118. The van der Waals surface area contributed by atoms with Crippen LogP contribution in [0.3, 0.4) is 0 Å².